The van der Waals surface area contributed by atoms with Gasteiger partial charge in [-0.1, -0.05) is 19.3 Å². The first-order chi connectivity index (χ1) is 12.7. The van der Waals surface area contributed by atoms with Crippen molar-refractivity contribution in [2.75, 3.05) is 13.7 Å². The van der Waals surface area contributed by atoms with Gasteiger partial charge in [0.05, 0.1) is 19.2 Å². The number of carbonyl (C=O) groups is 1. The third-order valence-corrected chi connectivity index (χ3v) is 6.70. The van der Waals surface area contributed by atoms with E-state index in [9.17, 15) is 4.79 Å². The Morgan fingerprint density at radius 2 is 1.96 bits per heavy atom. The number of rotatable bonds is 2. The Labute approximate surface area is 154 Å². The fraction of sp³-hybridized carbons (Fsp3) is 0.571. The zero-order valence-corrected chi connectivity index (χ0v) is 15.6. The van der Waals surface area contributed by atoms with Gasteiger partial charge in [-0.05, 0) is 49.9 Å². The second-order valence-electron chi connectivity index (χ2n) is 8.10. The first kappa shape index (κ1) is 16.0. The minimum absolute atomic E-state index is 0.100. The number of nitrogens with one attached hydrogen (secondary N) is 1. The lowest BCUT2D eigenvalue weighted by Gasteiger charge is -2.35. The lowest BCUT2D eigenvalue weighted by atomic mass is 9.92. The van der Waals surface area contributed by atoms with Crippen LogP contribution in [-0.4, -0.2) is 46.6 Å². The molecule has 1 aliphatic carbocycles. The number of benzene rings is 1. The van der Waals surface area contributed by atoms with Crippen LogP contribution in [-0.2, 0) is 6.42 Å². The van der Waals surface area contributed by atoms with Gasteiger partial charge in [-0.3, -0.25) is 0 Å². The number of nitrogens with zero attached hydrogens (tertiary/aromatic N) is 2. The number of aromatic nitrogens is 1. The van der Waals surface area contributed by atoms with Crippen molar-refractivity contribution in [1.29, 1.82) is 0 Å². The molecular weight excluding hydrogens is 326 g/mol. The number of ether oxygens (including phenoxy) is 1. The van der Waals surface area contributed by atoms with Crippen molar-refractivity contribution in [3.63, 3.8) is 0 Å². The summed E-state index contributed by atoms with van der Waals surface area (Å²) in [6.45, 7) is 3.05. The van der Waals surface area contributed by atoms with Crippen molar-refractivity contribution in [3.8, 4) is 5.75 Å². The molecule has 2 fully saturated rings. The molecule has 1 aromatic heterocycles. The average Bonchev–Trinajstić information content (AvgIpc) is 3.21. The summed E-state index contributed by atoms with van der Waals surface area (Å²) in [6.07, 6.45) is 7.12. The second-order valence-corrected chi connectivity index (χ2v) is 8.10. The predicted octanol–water partition coefficient (Wildman–Crippen LogP) is 4.23. The van der Waals surface area contributed by atoms with Crippen LogP contribution in [0.25, 0.3) is 10.9 Å². The van der Waals surface area contributed by atoms with Crippen molar-refractivity contribution in [1.82, 2.24) is 14.8 Å². The molecule has 5 nitrogen and oxygen atoms in total. The summed E-state index contributed by atoms with van der Waals surface area (Å²) in [5.41, 5.74) is 3.70. The van der Waals surface area contributed by atoms with E-state index in [1.807, 2.05) is 6.07 Å². The normalized spacial score (nSPS) is 26.3. The molecule has 2 aliphatic heterocycles. The molecule has 138 valence electrons. The van der Waals surface area contributed by atoms with E-state index in [-0.39, 0.29) is 18.1 Å². The summed E-state index contributed by atoms with van der Waals surface area (Å²) in [5.74, 6) is 0.890. The minimum atomic E-state index is 0.100. The van der Waals surface area contributed by atoms with Gasteiger partial charge in [-0.25, -0.2) is 4.79 Å². The van der Waals surface area contributed by atoms with E-state index in [2.05, 4.69) is 33.8 Å². The van der Waals surface area contributed by atoms with Crippen LogP contribution >= 0.6 is 0 Å². The van der Waals surface area contributed by atoms with Crippen LogP contribution in [0.1, 0.15) is 56.3 Å². The summed E-state index contributed by atoms with van der Waals surface area (Å²) in [6, 6.07) is 7.29. The first-order valence-electron chi connectivity index (χ1n) is 9.95. The second kappa shape index (κ2) is 5.93. The van der Waals surface area contributed by atoms with E-state index in [0.717, 1.165) is 24.2 Å². The predicted molar refractivity (Wildman–Crippen MR) is 102 cm³/mol. The molecule has 0 spiro atoms. The summed E-state index contributed by atoms with van der Waals surface area (Å²) >= 11 is 0. The molecule has 5 heteroatoms. The summed E-state index contributed by atoms with van der Waals surface area (Å²) in [5, 5.41) is 1.24. The number of amides is 2. The van der Waals surface area contributed by atoms with Crippen LogP contribution in [0.2, 0.25) is 0 Å². The molecule has 1 saturated heterocycles. The zero-order chi connectivity index (χ0) is 17.8. The molecule has 2 aromatic rings. The molecule has 2 unspecified atom stereocenters. The van der Waals surface area contributed by atoms with Crippen LogP contribution in [0.15, 0.2) is 18.2 Å². The monoisotopic (exact) mass is 353 g/mol. The number of H-pyrrole nitrogens is 1. The van der Waals surface area contributed by atoms with E-state index in [0.29, 0.717) is 6.04 Å². The Morgan fingerprint density at radius 3 is 2.73 bits per heavy atom. The molecule has 0 bridgehead atoms. The Bertz CT molecular complexity index is 852. The Balaban J connectivity index is 1.50. The van der Waals surface area contributed by atoms with E-state index >= 15 is 0 Å². The maximum Gasteiger partial charge on any atom is 0.321 e. The van der Waals surface area contributed by atoms with Crippen molar-refractivity contribution in [3.05, 3.63) is 29.5 Å². The minimum Gasteiger partial charge on any atom is -0.497 e. The van der Waals surface area contributed by atoms with Crippen LogP contribution in [0.5, 0.6) is 5.75 Å². The van der Waals surface area contributed by atoms with Crippen LogP contribution in [0, 0.1) is 0 Å². The molecule has 1 N–H and O–H groups in total. The standard InChI is InChI=1S/C21H27N3O2/c1-13-20-18(17-11-16(26-2)8-9-19(17)22-20)10-15-12-23(21(25)24(13)15)14-6-4-3-5-7-14/h8-9,11,13-15,22H,3-7,10,12H2,1-2H3. The number of fused-ring (bicyclic) bond motifs is 4. The van der Waals surface area contributed by atoms with Crippen molar-refractivity contribution >= 4 is 16.9 Å². The molecule has 1 saturated carbocycles. The van der Waals surface area contributed by atoms with Gasteiger partial charge in [0.15, 0.2) is 0 Å². The maximum absolute atomic E-state index is 13.2. The van der Waals surface area contributed by atoms with Crippen molar-refractivity contribution < 1.29 is 9.53 Å². The van der Waals surface area contributed by atoms with Gasteiger partial charge in [-0.2, -0.15) is 0 Å². The van der Waals surface area contributed by atoms with Gasteiger partial charge in [0.1, 0.15) is 5.75 Å². The molecule has 5 rings (SSSR count). The van der Waals surface area contributed by atoms with E-state index in [1.165, 1.54) is 48.7 Å². The first-order valence-corrected chi connectivity index (χ1v) is 9.95. The third kappa shape index (κ3) is 2.25. The van der Waals surface area contributed by atoms with E-state index in [4.69, 9.17) is 4.74 Å². The largest absolute Gasteiger partial charge is 0.497 e. The lowest BCUT2D eigenvalue weighted by Crippen LogP contribution is -2.43. The molecule has 3 heterocycles. The fourth-order valence-electron chi connectivity index (χ4n) is 5.37. The number of methoxy groups -OCH3 is 1. The van der Waals surface area contributed by atoms with Crippen LogP contribution in [0.4, 0.5) is 4.79 Å². The van der Waals surface area contributed by atoms with Crippen molar-refractivity contribution in [2.24, 2.45) is 0 Å². The van der Waals surface area contributed by atoms with Crippen molar-refractivity contribution in [2.45, 2.75) is 63.6 Å². The Hall–Kier alpha value is -2.17. The van der Waals surface area contributed by atoms with Gasteiger partial charge in [0.25, 0.3) is 0 Å². The Kier molecular flexibility index (Phi) is 3.66. The Morgan fingerprint density at radius 1 is 1.15 bits per heavy atom. The molecule has 3 aliphatic rings. The summed E-state index contributed by atoms with van der Waals surface area (Å²) < 4.78 is 5.42. The molecule has 2 amide bonds. The maximum atomic E-state index is 13.2. The van der Waals surface area contributed by atoms with E-state index in [1.54, 1.807) is 7.11 Å². The fourth-order valence-corrected chi connectivity index (χ4v) is 5.37. The summed E-state index contributed by atoms with van der Waals surface area (Å²) in [4.78, 5) is 21.1. The topological polar surface area (TPSA) is 48.6 Å². The highest BCUT2D eigenvalue weighted by atomic mass is 16.5. The zero-order valence-electron chi connectivity index (χ0n) is 15.6. The number of hydrogen-bond acceptors (Lipinski definition) is 2. The number of aromatic amines is 1. The highest BCUT2D eigenvalue weighted by Gasteiger charge is 2.46. The van der Waals surface area contributed by atoms with Crippen LogP contribution in [0.3, 0.4) is 0 Å². The van der Waals surface area contributed by atoms with Gasteiger partial charge in [-0.15, -0.1) is 0 Å². The van der Waals surface area contributed by atoms with Gasteiger partial charge in [0.2, 0.25) is 0 Å². The molecule has 26 heavy (non-hydrogen) atoms. The number of carbonyl (C=O) groups excluding carboxylic acids is 1. The highest BCUT2D eigenvalue weighted by Crippen LogP contribution is 2.42. The third-order valence-electron chi connectivity index (χ3n) is 6.70. The molecule has 2 atom stereocenters. The summed E-state index contributed by atoms with van der Waals surface area (Å²) in [7, 11) is 1.71. The molecule has 0 radical (unpaired) electrons. The highest BCUT2D eigenvalue weighted by molar-refractivity contribution is 5.88. The number of hydrogen-bond donors (Lipinski definition) is 1. The average molecular weight is 353 g/mol. The molecule has 1 aromatic carbocycles. The number of urea groups is 1. The lowest BCUT2D eigenvalue weighted by molar-refractivity contribution is 0.148. The van der Waals surface area contributed by atoms with Gasteiger partial charge >= 0.3 is 6.03 Å². The van der Waals surface area contributed by atoms with E-state index < -0.39 is 0 Å². The van der Waals surface area contributed by atoms with Crippen LogP contribution < -0.4 is 4.74 Å². The molecular formula is C21H27N3O2. The van der Waals surface area contributed by atoms with Gasteiger partial charge in [0, 0.05) is 29.2 Å². The smallest absolute Gasteiger partial charge is 0.321 e. The quantitative estimate of drug-likeness (QED) is 0.878. The van der Waals surface area contributed by atoms with Gasteiger partial charge < -0.3 is 19.5 Å². The SMILES string of the molecule is COc1ccc2[nH]c3c(c2c1)CC1CN(C2CCCCC2)C(=O)N1C3C.